The molecule has 1 aliphatic heterocycles. The van der Waals surface area contributed by atoms with Gasteiger partial charge < -0.3 is 33.9 Å². The van der Waals surface area contributed by atoms with Crippen molar-refractivity contribution >= 4 is 5.69 Å². The molecule has 7 nitrogen and oxygen atoms in total. The van der Waals surface area contributed by atoms with Crippen LogP contribution in [0.4, 0.5) is 5.69 Å². The zero-order chi connectivity index (χ0) is 21.3. The number of hydrogen-bond acceptors (Lipinski definition) is 6. The number of benzene rings is 2. The molecule has 0 amide bonds. The molecule has 0 aromatic heterocycles. The number of aliphatic hydroxyl groups excluding tert-OH is 1. The molecule has 2 aromatic rings. The molecular weight excluding hydrogens is 384 g/mol. The fourth-order valence-corrected chi connectivity index (χ4v) is 3.83. The van der Waals surface area contributed by atoms with E-state index in [0.717, 1.165) is 43.2 Å². The number of anilines is 1. The second-order valence-corrected chi connectivity index (χ2v) is 7.47. The summed E-state index contributed by atoms with van der Waals surface area (Å²) in [4.78, 5) is 3.74. The molecule has 1 heterocycles. The molecule has 1 aliphatic rings. The Morgan fingerprint density at radius 2 is 1.63 bits per heavy atom. The van der Waals surface area contributed by atoms with Crippen LogP contribution in [0.5, 0.6) is 17.2 Å². The van der Waals surface area contributed by atoms with Crippen molar-refractivity contribution < 1.29 is 29.0 Å². The van der Waals surface area contributed by atoms with Gasteiger partial charge in [-0.2, -0.15) is 0 Å². The largest absolute Gasteiger partial charge is 0.495 e. The van der Waals surface area contributed by atoms with Crippen LogP contribution in [0.1, 0.15) is 5.56 Å². The van der Waals surface area contributed by atoms with Crippen LogP contribution in [0.2, 0.25) is 0 Å². The zero-order valence-electron chi connectivity index (χ0n) is 18.1. The van der Waals surface area contributed by atoms with E-state index < -0.39 is 6.10 Å². The fraction of sp³-hybridized carbons (Fsp3) is 0.478. The first-order valence-corrected chi connectivity index (χ1v) is 10.3. The van der Waals surface area contributed by atoms with E-state index in [1.807, 2.05) is 36.4 Å². The summed E-state index contributed by atoms with van der Waals surface area (Å²) in [5, 5.41) is 10.4. The van der Waals surface area contributed by atoms with Crippen LogP contribution in [0.3, 0.4) is 0 Å². The van der Waals surface area contributed by atoms with E-state index >= 15 is 0 Å². The van der Waals surface area contributed by atoms with Gasteiger partial charge in [-0.3, -0.25) is 0 Å². The average molecular weight is 418 g/mol. The van der Waals surface area contributed by atoms with Gasteiger partial charge in [-0.1, -0.05) is 18.2 Å². The van der Waals surface area contributed by atoms with Crippen molar-refractivity contribution in [2.24, 2.45) is 0 Å². The summed E-state index contributed by atoms with van der Waals surface area (Å²) in [5.41, 5.74) is 2.12. The first-order valence-electron chi connectivity index (χ1n) is 10.3. The highest BCUT2D eigenvalue weighted by molar-refractivity contribution is 5.58. The quantitative estimate of drug-likeness (QED) is 0.601. The molecule has 0 bridgehead atoms. The Hall–Kier alpha value is -2.48. The lowest BCUT2D eigenvalue weighted by Gasteiger charge is -2.35. The number of rotatable bonds is 10. The van der Waals surface area contributed by atoms with E-state index in [1.54, 1.807) is 21.3 Å². The highest BCUT2D eigenvalue weighted by Gasteiger charge is 2.24. The normalized spacial score (nSPS) is 15.7. The van der Waals surface area contributed by atoms with E-state index in [9.17, 15) is 5.11 Å². The summed E-state index contributed by atoms with van der Waals surface area (Å²) in [6.45, 7) is 5.26. The van der Waals surface area contributed by atoms with Gasteiger partial charge in [-0.25, -0.2) is 0 Å². The van der Waals surface area contributed by atoms with Crippen LogP contribution in [0, 0.1) is 0 Å². The van der Waals surface area contributed by atoms with Crippen LogP contribution in [-0.2, 0) is 11.3 Å². The SMILES string of the molecule is COc1ccc(COC[C@H](O)C[NH+]2CCN(c3ccccc3OC)CC2)cc1OC. The van der Waals surface area contributed by atoms with E-state index in [-0.39, 0.29) is 0 Å². The number of aliphatic hydroxyl groups is 1. The number of quaternary nitrogens is 1. The molecule has 2 aromatic carbocycles. The van der Waals surface area contributed by atoms with Gasteiger partial charge in [0.2, 0.25) is 0 Å². The van der Waals surface area contributed by atoms with Gasteiger partial charge in [-0.05, 0) is 29.8 Å². The van der Waals surface area contributed by atoms with Gasteiger partial charge in [0.1, 0.15) is 18.4 Å². The second kappa shape index (κ2) is 11.1. The molecule has 1 saturated heterocycles. The first kappa shape index (κ1) is 22.2. The standard InChI is InChI=1S/C23H32N2O5/c1-27-21-7-5-4-6-20(21)25-12-10-24(11-13-25)15-19(26)17-30-16-18-8-9-22(28-2)23(14-18)29-3/h4-9,14,19,26H,10-13,15-17H2,1-3H3/p+1/t19-/m1/s1. The molecule has 30 heavy (non-hydrogen) atoms. The van der Waals surface area contributed by atoms with Crippen molar-refractivity contribution in [2.45, 2.75) is 12.7 Å². The molecule has 3 rings (SSSR count). The summed E-state index contributed by atoms with van der Waals surface area (Å²) < 4.78 is 21.8. The van der Waals surface area contributed by atoms with Gasteiger partial charge in [0.05, 0.1) is 66.4 Å². The fourth-order valence-electron chi connectivity index (χ4n) is 3.83. The average Bonchev–Trinajstić information content (AvgIpc) is 2.79. The molecule has 0 saturated carbocycles. The molecule has 1 fully saturated rings. The van der Waals surface area contributed by atoms with Gasteiger partial charge in [-0.15, -0.1) is 0 Å². The van der Waals surface area contributed by atoms with Crippen LogP contribution in [-0.4, -0.2) is 71.9 Å². The van der Waals surface area contributed by atoms with Gasteiger partial charge in [0, 0.05) is 0 Å². The first-order chi connectivity index (χ1) is 14.6. The Bertz CT molecular complexity index is 793. The van der Waals surface area contributed by atoms with Crippen molar-refractivity contribution in [3.63, 3.8) is 0 Å². The van der Waals surface area contributed by atoms with E-state index in [2.05, 4.69) is 11.0 Å². The third-order valence-electron chi connectivity index (χ3n) is 5.45. The lowest BCUT2D eigenvalue weighted by Crippen LogP contribution is -3.16. The van der Waals surface area contributed by atoms with Crippen molar-refractivity contribution in [3.8, 4) is 17.2 Å². The summed E-state index contributed by atoms with van der Waals surface area (Å²) in [5.74, 6) is 2.28. The Kier molecular flexibility index (Phi) is 8.19. The highest BCUT2D eigenvalue weighted by atomic mass is 16.5. The topological polar surface area (TPSA) is 64.8 Å². The van der Waals surface area contributed by atoms with Gasteiger partial charge in [0.15, 0.2) is 11.5 Å². The Morgan fingerprint density at radius 3 is 2.33 bits per heavy atom. The number of para-hydroxylation sites is 2. The Morgan fingerprint density at radius 1 is 0.933 bits per heavy atom. The van der Waals surface area contributed by atoms with E-state index in [1.165, 1.54) is 4.90 Å². The van der Waals surface area contributed by atoms with Crippen molar-refractivity contribution in [1.82, 2.24) is 0 Å². The van der Waals surface area contributed by atoms with Crippen LogP contribution >= 0.6 is 0 Å². The maximum Gasteiger partial charge on any atom is 0.161 e. The number of hydrogen-bond donors (Lipinski definition) is 2. The van der Waals surface area contributed by atoms with Gasteiger partial charge in [0.25, 0.3) is 0 Å². The van der Waals surface area contributed by atoms with Crippen molar-refractivity contribution in [2.75, 3.05) is 65.6 Å². The molecule has 0 radical (unpaired) electrons. The summed E-state index contributed by atoms with van der Waals surface area (Å²) >= 11 is 0. The maximum absolute atomic E-state index is 10.4. The predicted molar refractivity (Wildman–Crippen MR) is 116 cm³/mol. The molecule has 7 heteroatoms. The Labute approximate surface area is 178 Å². The van der Waals surface area contributed by atoms with Crippen molar-refractivity contribution in [3.05, 3.63) is 48.0 Å². The summed E-state index contributed by atoms with van der Waals surface area (Å²) in [7, 11) is 4.93. The molecule has 1 atom stereocenters. The Balaban J connectivity index is 1.40. The number of methoxy groups -OCH3 is 3. The van der Waals surface area contributed by atoms with Crippen molar-refractivity contribution in [1.29, 1.82) is 0 Å². The monoisotopic (exact) mass is 417 g/mol. The lowest BCUT2D eigenvalue weighted by atomic mass is 10.2. The number of nitrogens with zero attached hydrogens (tertiary/aromatic N) is 1. The molecular formula is C23H33N2O5+. The minimum Gasteiger partial charge on any atom is -0.495 e. The molecule has 164 valence electrons. The van der Waals surface area contributed by atoms with Crippen LogP contribution < -0.4 is 24.0 Å². The number of ether oxygens (including phenoxy) is 4. The van der Waals surface area contributed by atoms with Crippen LogP contribution in [0.25, 0.3) is 0 Å². The number of nitrogens with one attached hydrogen (secondary N) is 1. The third-order valence-corrected chi connectivity index (χ3v) is 5.45. The van der Waals surface area contributed by atoms with Crippen LogP contribution in [0.15, 0.2) is 42.5 Å². The highest BCUT2D eigenvalue weighted by Crippen LogP contribution is 2.28. The lowest BCUT2D eigenvalue weighted by molar-refractivity contribution is -0.903. The minimum absolute atomic E-state index is 0.314. The minimum atomic E-state index is -0.488. The molecule has 0 spiro atoms. The molecule has 0 unspecified atom stereocenters. The zero-order valence-corrected chi connectivity index (χ0v) is 18.1. The number of piperazine rings is 1. The molecule has 0 aliphatic carbocycles. The summed E-state index contributed by atoms with van der Waals surface area (Å²) in [6, 6.07) is 13.8. The van der Waals surface area contributed by atoms with E-state index in [4.69, 9.17) is 18.9 Å². The van der Waals surface area contributed by atoms with Gasteiger partial charge >= 0.3 is 0 Å². The smallest absolute Gasteiger partial charge is 0.161 e. The maximum atomic E-state index is 10.4. The third kappa shape index (κ3) is 5.78. The second-order valence-electron chi connectivity index (χ2n) is 7.47. The summed E-state index contributed by atoms with van der Waals surface area (Å²) in [6.07, 6.45) is -0.488. The predicted octanol–water partition coefficient (Wildman–Crippen LogP) is 0.995. The van der Waals surface area contributed by atoms with E-state index in [0.29, 0.717) is 31.3 Å². The molecule has 2 N–H and O–H groups in total.